The Kier molecular flexibility index (Phi) is 5.74. The van der Waals surface area contributed by atoms with E-state index in [1.54, 1.807) is 26.4 Å². The van der Waals surface area contributed by atoms with Gasteiger partial charge in [-0.1, -0.05) is 13.8 Å². The van der Waals surface area contributed by atoms with Gasteiger partial charge in [0.05, 0.1) is 25.1 Å². The first-order valence-electron chi connectivity index (χ1n) is 9.23. The Morgan fingerprint density at radius 2 is 1.70 bits per heavy atom. The lowest BCUT2D eigenvalue weighted by Gasteiger charge is -2.11. The Balaban J connectivity index is 1.92. The Labute approximate surface area is 158 Å². The standard InChI is InChI=1S/C21H25N3O3/c1-5-14(6-2)15-7-9-24(10-8-15)13-20-22-17-12-19(27-4)18(26-3)11-16(17)21(25)23-20/h7-12,14H,5-6,13H2,1-4H3/p+1. The number of fused-ring (bicyclic) bond motifs is 1. The van der Waals surface area contributed by atoms with Gasteiger partial charge in [0.15, 0.2) is 29.7 Å². The van der Waals surface area contributed by atoms with E-state index in [0.29, 0.717) is 40.7 Å². The largest absolute Gasteiger partial charge is 0.493 e. The number of nitrogens with zero attached hydrogens (tertiary/aromatic N) is 2. The van der Waals surface area contributed by atoms with E-state index in [4.69, 9.17) is 9.47 Å². The maximum Gasteiger partial charge on any atom is 0.259 e. The minimum absolute atomic E-state index is 0.190. The zero-order valence-electron chi connectivity index (χ0n) is 16.3. The fourth-order valence-corrected chi connectivity index (χ4v) is 3.37. The summed E-state index contributed by atoms with van der Waals surface area (Å²) < 4.78 is 12.6. The molecule has 0 bridgehead atoms. The number of hydrogen-bond acceptors (Lipinski definition) is 4. The van der Waals surface area contributed by atoms with Crippen molar-refractivity contribution in [2.45, 2.75) is 39.2 Å². The van der Waals surface area contributed by atoms with Gasteiger partial charge in [0.2, 0.25) is 6.54 Å². The van der Waals surface area contributed by atoms with Gasteiger partial charge in [-0.15, -0.1) is 0 Å². The van der Waals surface area contributed by atoms with E-state index < -0.39 is 0 Å². The summed E-state index contributed by atoms with van der Waals surface area (Å²) in [5.41, 5.74) is 1.74. The number of benzene rings is 1. The van der Waals surface area contributed by atoms with Crippen molar-refractivity contribution in [2.75, 3.05) is 14.2 Å². The summed E-state index contributed by atoms with van der Waals surface area (Å²) in [7, 11) is 3.11. The highest BCUT2D eigenvalue weighted by molar-refractivity contribution is 5.81. The van der Waals surface area contributed by atoms with Crippen molar-refractivity contribution in [1.82, 2.24) is 9.97 Å². The van der Waals surface area contributed by atoms with E-state index in [1.807, 2.05) is 17.0 Å². The summed E-state index contributed by atoms with van der Waals surface area (Å²) in [5.74, 6) is 2.24. The molecule has 3 aromatic rings. The summed E-state index contributed by atoms with van der Waals surface area (Å²) in [5, 5.41) is 0.477. The number of methoxy groups -OCH3 is 2. The molecule has 0 aliphatic heterocycles. The molecule has 0 radical (unpaired) electrons. The highest BCUT2D eigenvalue weighted by Gasteiger charge is 2.14. The van der Waals surface area contributed by atoms with Crippen molar-refractivity contribution in [3.8, 4) is 11.5 Å². The first-order valence-corrected chi connectivity index (χ1v) is 9.23. The molecular weight excluding hydrogens is 342 g/mol. The molecule has 1 N–H and O–H groups in total. The Morgan fingerprint density at radius 1 is 1.07 bits per heavy atom. The van der Waals surface area contributed by atoms with Crippen molar-refractivity contribution in [2.24, 2.45) is 0 Å². The van der Waals surface area contributed by atoms with Crippen LogP contribution < -0.4 is 19.6 Å². The average molecular weight is 368 g/mol. The fourth-order valence-electron chi connectivity index (χ4n) is 3.37. The minimum atomic E-state index is -0.190. The Bertz CT molecular complexity index is 976. The summed E-state index contributed by atoms with van der Waals surface area (Å²) in [6, 6.07) is 7.67. The number of aromatic amines is 1. The van der Waals surface area contributed by atoms with E-state index >= 15 is 0 Å². The van der Waals surface area contributed by atoms with Crippen LogP contribution in [-0.2, 0) is 6.54 Å². The molecule has 142 valence electrons. The molecule has 0 saturated carbocycles. The first kappa shape index (κ1) is 18.9. The summed E-state index contributed by atoms with van der Waals surface area (Å²) >= 11 is 0. The van der Waals surface area contributed by atoms with Gasteiger partial charge < -0.3 is 14.5 Å². The molecule has 3 rings (SSSR count). The van der Waals surface area contributed by atoms with Crippen molar-refractivity contribution in [3.63, 3.8) is 0 Å². The first-order chi connectivity index (χ1) is 13.1. The normalized spacial score (nSPS) is 11.1. The van der Waals surface area contributed by atoms with Crippen molar-refractivity contribution >= 4 is 10.9 Å². The van der Waals surface area contributed by atoms with Gasteiger partial charge in [-0.2, -0.15) is 4.57 Å². The third-order valence-electron chi connectivity index (χ3n) is 4.97. The van der Waals surface area contributed by atoms with Crippen LogP contribution in [0.15, 0.2) is 41.5 Å². The maximum atomic E-state index is 12.5. The zero-order chi connectivity index (χ0) is 19.4. The predicted molar refractivity (Wildman–Crippen MR) is 105 cm³/mol. The third kappa shape index (κ3) is 3.94. The van der Waals surface area contributed by atoms with E-state index in [9.17, 15) is 4.79 Å². The molecule has 2 heterocycles. The van der Waals surface area contributed by atoms with Crippen molar-refractivity contribution < 1.29 is 14.0 Å². The molecule has 0 aliphatic rings. The number of nitrogens with one attached hydrogen (secondary N) is 1. The van der Waals surface area contributed by atoms with Crippen LogP contribution in [-0.4, -0.2) is 24.2 Å². The van der Waals surface area contributed by atoms with Crippen LogP contribution >= 0.6 is 0 Å². The number of pyridine rings is 1. The second-order valence-corrected chi connectivity index (χ2v) is 6.55. The van der Waals surface area contributed by atoms with Crippen molar-refractivity contribution in [3.05, 3.63) is 58.4 Å². The molecule has 0 saturated heterocycles. The van der Waals surface area contributed by atoms with E-state index in [0.717, 1.165) is 12.8 Å². The molecule has 0 fully saturated rings. The van der Waals surface area contributed by atoms with Crippen LogP contribution in [0.25, 0.3) is 10.9 Å². The number of ether oxygens (including phenoxy) is 2. The number of H-pyrrole nitrogens is 1. The predicted octanol–water partition coefficient (Wildman–Crippen LogP) is 3.18. The molecule has 27 heavy (non-hydrogen) atoms. The Hall–Kier alpha value is -2.89. The van der Waals surface area contributed by atoms with Gasteiger partial charge in [0.25, 0.3) is 5.56 Å². The SMILES string of the molecule is CCC(CC)c1cc[n+](Cc2nc3cc(OC)c(OC)cc3c(=O)[nH]2)cc1. The van der Waals surface area contributed by atoms with E-state index in [2.05, 4.69) is 35.9 Å². The summed E-state index contributed by atoms with van der Waals surface area (Å²) in [6.07, 6.45) is 6.33. The zero-order valence-corrected chi connectivity index (χ0v) is 16.3. The third-order valence-corrected chi connectivity index (χ3v) is 4.97. The molecule has 0 amide bonds. The minimum Gasteiger partial charge on any atom is -0.493 e. The quantitative estimate of drug-likeness (QED) is 0.651. The van der Waals surface area contributed by atoms with Gasteiger partial charge in [0.1, 0.15) is 0 Å². The van der Waals surface area contributed by atoms with E-state index in [1.165, 1.54) is 5.56 Å². The van der Waals surface area contributed by atoms with Crippen LogP contribution in [0.4, 0.5) is 0 Å². The fraction of sp³-hybridized carbons (Fsp3) is 0.381. The number of rotatable bonds is 7. The number of aromatic nitrogens is 3. The Morgan fingerprint density at radius 3 is 2.30 bits per heavy atom. The lowest BCUT2D eigenvalue weighted by atomic mass is 9.95. The molecule has 1 aromatic carbocycles. The second-order valence-electron chi connectivity index (χ2n) is 6.55. The molecule has 0 aliphatic carbocycles. The van der Waals surface area contributed by atoms with Gasteiger partial charge in [-0.25, -0.2) is 4.98 Å². The van der Waals surface area contributed by atoms with Crippen LogP contribution in [0.5, 0.6) is 11.5 Å². The van der Waals surface area contributed by atoms with Crippen LogP contribution in [0.3, 0.4) is 0 Å². The summed E-state index contributed by atoms with van der Waals surface area (Å²) in [6.45, 7) is 4.91. The molecule has 6 nitrogen and oxygen atoms in total. The molecule has 6 heteroatoms. The maximum absolute atomic E-state index is 12.5. The topological polar surface area (TPSA) is 68.1 Å². The summed E-state index contributed by atoms with van der Waals surface area (Å²) in [4.78, 5) is 19.9. The average Bonchev–Trinajstić information content (AvgIpc) is 2.69. The molecule has 0 spiro atoms. The smallest absolute Gasteiger partial charge is 0.259 e. The monoisotopic (exact) mass is 368 g/mol. The second kappa shape index (κ2) is 8.20. The molecular formula is C21H26N3O3+. The molecule has 0 atom stereocenters. The van der Waals surface area contributed by atoms with Gasteiger partial charge in [-0.05, 0) is 30.4 Å². The van der Waals surface area contributed by atoms with Crippen LogP contribution in [0.2, 0.25) is 0 Å². The number of hydrogen-bond donors (Lipinski definition) is 1. The van der Waals surface area contributed by atoms with Gasteiger partial charge in [0, 0.05) is 18.2 Å². The molecule has 0 unspecified atom stereocenters. The highest BCUT2D eigenvalue weighted by Crippen LogP contribution is 2.29. The van der Waals surface area contributed by atoms with Crippen molar-refractivity contribution in [1.29, 1.82) is 0 Å². The van der Waals surface area contributed by atoms with E-state index in [-0.39, 0.29) is 5.56 Å². The molecule has 2 aromatic heterocycles. The lowest BCUT2D eigenvalue weighted by molar-refractivity contribution is -0.689. The van der Waals surface area contributed by atoms with Crippen LogP contribution in [0, 0.1) is 0 Å². The highest BCUT2D eigenvalue weighted by atomic mass is 16.5. The van der Waals surface area contributed by atoms with Gasteiger partial charge in [-0.3, -0.25) is 4.79 Å². The van der Waals surface area contributed by atoms with Gasteiger partial charge >= 0.3 is 0 Å². The van der Waals surface area contributed by atoms with Crippen LogP contribution in [0.1, 0.15) is 44.0 Å². The lowest BCUT2D eigenvalue weighted by Crippen LogP contribution is -2.35.